The molecule has 1 fully saturated rings. The van der Waals surface area contributed by atoms with Gasteiger partial charge in [0, 0.05) is 6.61 Å². The zero-order valence-corrected chi connectivity index (χ0v) is 11.8. The maximum Gasteiger partial charge on any atom is 0.145 e. The normalized spacial score (nSPS) is 30.9. The molecule has 0 spiro atoms. The number of hydrogen-bond acceptors (Lipinski definition) is 1. The fourth-order valence-electron chi connectivity index (χ4n) is 2.54. The molecule has 78 valence electrons. The molecule has 0 bridgehead atoms. The predicted octanol–water partition coefficient (Wildman–Crippen LogP) is 2.14. The second-order valence-electron chi connectivity index (χ2n) is 5.62. The van der Waals surface area contributed by atoms with E-state index in [-0.39, 0.29) is 0 Å². The van der Waals surface area contributed by atoms with Crippen LogP contribution in [-0.2, 0) is 4.43 Å². The van der Waals surface area contributed by atoms with E-state index in [1.165, 1.54) is 19.3 Å². The third kappa shape index (κ3) is 1.99. The molecule has 0 aromatic carbocycles. The SMILES string of the molecule is CC1(C)CCC(CCO[SiH3])C1(C)C. The van der Waals surface area contributed by atoms with Crippen molar-refractivity contribution in [3.05, 3.63) is 0 Å². The molecule has 0 aliphatic heterocycles. The Labute approximate surface area is 85.8 Å². The molecule has 0 heterocycles. The third-order valence-corrected chi connectivity index (χ3v) is 4.96. The molecular formula is C11H24OSi. The summed E-state index contributed by atoms with van der Waals surface area (Å²) in [5.74, 6) is 0.872. The highest BCUT2D eigenvalue weighted by Gasteiger charge is 2.47. The second kappa shape index (κ2) is 3.74. The van der Waals surface area contributed by atoms with Crippen LogP contribution in [0.15, 0.2) is 0 Å². The van der Waals surface area contributed by atoms with E-state index in [2.05, 4.69) is 27.7 Å². The lowest BCUT2D eigenvalue weighted by atomic mass is 9.66. The minimum Gasteiger partial charge on any atom is -0.428 e. The molecule has 0 aromatic rings. The Morgan fingerprint density at radius 3 is 2.31 bits per heavy atom. The molecule has 0 aromatic heterocycles. The highest BCUT2D eigenvalue weighted by Crippen LogP contribution is 2.56. The van der Waals surface area contributed by atoms with Crippen LogP contribution in [0.25, 0.3) is 0 Å². The average Bonchev–Trinajstić information content (AvgIpc) is 2.21. The molecule has 1 unspecified atom stereocenters. The fraction of sp³-hybridized carbons (Fsp3) is 1.00. The standard InChI is InChI=1S/C11H24OSi/c1-10(2)7-5-9(6-8-12-13)11(10,3)4/h9H,5-8H2,1-4,13H3. The Morgan fingerprint density at radius 2 is 1.92 bits per heavy atom. The first-order valence-corrected chi connectivity index (χ1v) is 6.22. The summed E-state index contributed by atoms with van der Waals surface area (Å²) in [6, 6.07) is 0. The molecule has 2 heteroatoms. The van der Waals surface area contributed by atoms with E-state index in [4.69, 9.17) is 4.43 Å². The van der Waals surface area contributed by atoms with Gasteiger partial charge in [-0.1, -0.05) is 27.7 Å². The maximum absolute atomic E-state index is 5.30. The van der Waals surface area contributed by atoms with Gasteiger partial charge in [-0.3, -0.25) is 0 Å². The summed E-state index contributed by atoms with van der Waals surface area (Å²) in [4.78, 5) is 0. The van der Waals surface area contributed by atoms with E-state index in [9.17, 15) is 0 Å². The predicted molar refractivity (Wildman–Crippen MR) is 60.8 cm³/mol. The zero-order valence-electron chi connectivity index (χ0n) is 9.81. The van der Waals surface area contributed by atoms with Crippen LogP contribution in [0.3, 0.4) is 0 Å². The molecule has 1 saturated carbocycles. The topological polar surface area (TPSA) is 9.23 Å². The fourth-order valence-corrected chi connectivity index (χ4v) is 2.77. The molecule has 1 atom stereocenters. The Bertz CT molecular complexity index is 175. The first kappa shape index (κ1) is 11.3. The number of rotatable bonds is 3. The van der Waals surface area contributed by atoms with Gasteiger partial charge in [-0.25, -0.2) is 0 Å². The summed E-state index contributed by atoms with van der Waals surface area (Å²) in [7, 11) is 0.892. The van der Waals surface area contributed by atoms with Gasteiger partial charge >= 0.3 is 0 Å². The van der Waals surface area contributed by atoms with E-state index in [1.54, 1.807) is 0 Å². The smallest absolute Gasteiger partial charge is 0.145 e. The summed E-state index contributed by atoms with van der Waals surface area (Å²) in [6.07, 6.45) is 4.04. The van der Waals surface area contributed by atoms with Crippen molar-refractivity contribution in [1.29, 1.82) is 0 Å². The molecule has 1 aliphatic rings. The molecule has 0 amide bonds. The summed E-state index contributed by atoms with van der Waals surface area (Å²) in [5.41, 5.74) is 1.01. The molecule has 0 saturated heterocycles. The van der Waals surface area contributed by atoms with Crippen molar-refractivity contribution in [1.82, 2.24) is 0 Å². The van der Waals surface area contributed by atoms with E-state index in [0.717, 1.165) is 23.0 Å². The Kier molecular flexibility index (Phi) is 3.23. The molecular weight excluding hydrogens is 176 g/mol. The van der Waals surface area contributed by atoms with E-state index in [0.29, 0.717) is 10.8 Å². The van der Waals surface area contributed by atoms with Gasteiger partial charge < -0.3 is 4.43 Å². The van der Waals surface area contributed by atoms with Gasteiger partial charge in [0.2, 0.25) is 0 Å². The van der Waals surface area contributed by atoms with Crippen LogP contribution in [0.1, 0.15) is 47.0 Å². The highest BCUT2D eigenvalue weighted by atomic mass is 28.2. The molecule has 1 aliphatic carbocycles. The minimum atomic E-state index is 0.493. The first-order chi connectivity index (χ1) is 5.92. The van der Waals surface area contributed by atoms with Crippen LogP contribution >= 0.6 is 0 Å². The van der Waals surface area contributed by atoms with E-state index >= 15 is 0 Å². The summed E-state index contributed by atoms with van der Waals surface area (Å²) >= 11 is 0. The maximum atomic E-state index is 5.30. The van der Waals surface area contributed by atoms with Crippen molar-refractivity contribution >= 4 is 10.5 Å². The molecule has 13 heavy (non-hydrogen) atoms. The van der Waals surface area contributed by atoms with Crippen molar-refractivity contribution in [3.8, 4) is 0 Å². The van der Waals surface area contributed by atoms with Gasteiger partial charge in [0.15, 0.2) is 0 Å². The van der Waals surface area contributed by atoms with Crippen LogP contribution in [0.5, 0.6) is 0 Å². The van der Waals surface area contributed by atoms with Gasteiger partial charge in [-0.15, -0.1) is 0 Å². The monoisotopic (exact) mass is 200 g/mol. The van der Waals surface area contributed by atoms with E-state index < -0.39 is 0 Å². The summed E-state index contributed by atoms with van der Waals surface area (Å²) in [5, 5.41) is 0. The largest absolute Gasteiger partial charge is 0.428 e. The molecule has 0 radical (unpaired) electrons. The zero-order chi connectivity index (χ0) is 10.1. The van der Waals surface area contributed by atoms with Gasteiger partial charge in [-0.2, -0.15) is 0 Å². The lowest BCUT2D eigenvalue weighted by molar-refractivity contribution is 0.0940. The first-order valence-electron chi connectivity index (χ1n) is 5.41. The van der Waals surface area contributed by atoms with Gasteiger partial charge in [-0.05, 0) is 36.0 Å². The minimum absolute atomic E-state index is 0.493. The quantitative estimate of drug-likeness (QED) is 0.634. The van der Waals surface area contributed by atoms with E-state index in [1.807, 2.05) is 0 Å². The van der Waals surface area contributed by atoms with Crippen LogP contribution in [0, 0.1) is 16.7 Å². The average molecular weight is 200 g/mol. The van der Waals surface area contributed by atoms with Crippen LogP contribution in [0.4, 0.5) is 0 Å². The van der Waals surface area contributed by atoms with Crippen molar-refractivity contribution in [3.63, 3.8) is 0 Å². The molecule has 1 nitrogen and oxygen atoms in total. The van der Waals surface area contributed by atoms with Gasteiger partial charge in [0.25, 0.3) is 0 Å². The summed E-state index contributed by atoms with van der Waals surface area (Å²) < 4.78 is 5.30. The highest BCUT2D eigenvalue weighted by molar-refractivity contribution is 5.97. The van der Waals surface area contributed by atoms with Crippen molar-refractivity contribution in [2.45, 2.75) is 47.0 Å². The third-order valence-electron chi connectivity index (χ3n) is 4.55. The molecule has 1 rings (SSSR count). The number of hydrogen-bond donors (Lipinski definition) is 0. The Morgan fingerprint density at radius 1 is 1.31 bits per heavy atom. The lowest BCUT2D eigenvalue weighted by Gasteiger charge is -2.39. The Hall–Kier alpha value is 0.177. The second-order valence-corrected chi connectivity index (χ2v) is 6.20. The molecule has 0 N–H and O–H groups in total. The lowest BCUT2D eigenvalue weighted by Crippen LogP contribution is -2.32. The van der Waals surface area contributed by atoms with Crippen molar-refractivity contribution < 1.29 is 4.43 Å². The Balaban J connectivity index is 2.60. The summed E-state index contributed by atoms with van der Waals surface area (Å²) in [6.45, 7) is 10.7. The van der Waals surface area contributed by atoms with Crippen LogP contribution in [0.2, 0.25) is 0 Å². The van der Waals surface area contributed by atoms with Crippen molar-refractivity contribution in [2.75, 3.05) is 6.61 Å². The van der Waals surface area contributed by atoms with Crippen LogP contribution < -0.4 is 0 Å². The van der Waals surface area contributed by atoms with Gasteiger partial charge in [0.1, 0.15) is 10.5 Å². The van der Waals surface area contributed by atoms with Crippen LogP contribution in [-0.4, -0.2) is 17.1 Å². The van der Waals surface area contributed by atoms with Gasteiger partial charge in [0.05, 0.1) is 0 Å². The van der Waals surface area contributed by atoms with Crippen molar-refractivity contribution in [2.24, 2.45) is 16.7 Å².